The van der Waals surface area contributed by atoms with Crippen LogP contribution in [0.5, 0.6) is 5.75 Å². The molecule has 3 rings (SSSR count). The molecule has 0 aliphatic heterocycles. The molecule has 1 aromatic heterocycles. The molecule has 3 aromatic rings. The topological polar surface area (TPSA) is 56.1 Å². The second-order valence-electron chi connectivity index (χ2n) is 5.72. The van der Waals surface area contributed by atoms with Crippen LogP contribution in [0.3, 0.4) is 0 Å². The van der Waals surface area contributed by atoms with E-state index in [1.165, 1.54) is 25.3 Å². The van der Waals surface area contributed by atoms with Gasteiger partial charge in [-0.1, -0.05) is 23.7 Å². The molecule has 0 spiro atoms. The number of ether oxygens (including phenoxy) is 1. The number of hydrogen-bond acceptors (Lipinski definition) is 3. The Balaban J connectivity index is 1.81. The number of nitrogens with one attached hydrogen (secondary N) is 1. The Bertz CT molecular complexity index is 986. The Hall–Kier alpha value is -2.74. The molecule has 142 valence electrons. The second kappa shape index (κ2) is 7.48. The molecule has 0 radical (unpaired) electrons. The fourth-order valence-electron chi connectivity index (χ4n) is 2.72. The number of imidazole rings is 1. The fourth-order valence-corrected chi connectivity index (χ4v) is 2.89. The van der Waals surface area contributed by atoms with Gasteiger partial charge < -0.3 is 14.6 Å². The first-order chi connectivity index (χ1) is 12.8. The van der Waals surface area contributed by atoms with Crippen LogP contribution in [-0.2, 0) is 17.5 Å². The quantitative estimate of drug-likeness (QED) is 0.676. The van der Waals surface area contributed by atoms with E-state index < -0.39 is 17.9 Å². The molecule has 0 bridgehead atoms. The molecule has 1 amide bonds. The van der Waals surface area contributed by atoms with E-state index in [-0.39, 0.29) is 18.5 Å². The highest BCUT2D eigenvalue weighted by molar-refractivity contribution is 6.31. The molecule has 0 atom stereocenters. The Morgan fingerprint density at radius 3 is 2.70 bits per heavy atom. The van der Waals surface area contributed by atoms with Crippen molar-refractivity contribution in [2.45, 2.75) is 19.1 Å². The Morgan fingerprint density at radius 1 is 1.26 bits per heavy atom. The number of carbonyl (C=O) groups is 1. The lowest BCUT2D eigenvalue weighted by molar-refractivity contribution is -0.147. The molecule has 0 aliphatic rings. The smallest absolute Gasteiger partial charge is 0.449 e. The minimum absolute atomic E-state index is 0.177. The van der Waals surface area contributed by atoms with E-state index in [4.69, 9.17) is 16.3 Å². The van der Waals surface area contributed by atoms with Gasteiger partial charge in [-0.25, -0.2) is 4.98 Å². The van der Waals surface area contributed by atoms with Gasteiger partial charge in [-0.15, -0.1) is 0 Å². The van der Waals surface area contributed by atoms with Crippen molar-refractivity contribution < 1.29 is 22.7 Å². The van der Waals surface area contributed by atoms with Crippen molar-refractivity contribution in [2.75, 3.05) is 12.4 Å². The summed E-state index contributed by atoms with van der Waals surface area (Å²) in [6.45, 7) is -0.177. The molecular formula is C18H15ClF3N3O2. The monoisotopic (exact) mass is 397 g/mol. The largest absolute Gasteiger partial charge is 0.495 e. The number of methoxy groups -OCH3 is 1. The fraction of sp³-hybridized carbons (Fsp3) is 0.222. The average Bonchev–Trinajstić information content (AvgIpc) is 2.99. The number of aryl methyl sites for hydroxylation is 1. The van der Waals surface area contributed by atoms with E-state index in [2.05, 4.69) is 10.3 Å². The molecule has 1 heterocycles. The number of para-hydroxylation sites is 2. The van der Waals surface area contributed by atoms with Crippen molar-refractivity contribution in [1.29, 1.82) is 0 Å². The number of rotatable bonds is 5. The number of alkyl halides is 3. The first-order valence-electron chi connectivity index (χ1n) is 7.95. The van der Waals surface area contributed by atoms with Gasteiger partial charge in [0, 0.05) is 18.0 Å². The van der Waals surface area contributed by atoms with Gasteiger partial charge in [0.1, 0.15) is 5.75 Å². The van der Waals surface area contributed by atoms with Gasteiger partial charge >= 0.3 is 6.18 Å². The van der Waals surface area contributed by atoms with Crippen molar-refractivity contribution in [3.8, 4) is 5.75 Å². The number of fused-ring (bicyclic) bond motifs is 1. The Kier molecular flexibility index (Phi) is 5.27. The average molecular weight is 398 g/mol. The first-order valence-corrected chi connectivity index (χ1v) is 8.33. The van der Waals surface area contributed by atoms with Crippen LogP contribution in [0.2, 0.25) is 5.02 Å². The van der Waals surface area contributed by atoms with Crippen LogP contribution in [0, 0.1) is 0 Å². The molecule has 2 aromatic carbocycles. The summed E-state index contributed by atoms with van der Waals surface area (Å²) in [5.41, 5.74) is 0.890. The molecule has 5 nitrogen and oxygen atoms in total. The molecule has 9 heteroatoms. The number of aromatic nitrogens is 2. The van der Waals surface area contributed by atoms with Crippen molar-refractivity contribution in [2.24, 2.45) is 0 Å². The molecule has 1 N–H and O–H groups in total. The van der Waals surface area contributed by atoms with Crippen LogP contribution in [0.15, 0.2) is 42.5 Å². The highest BCUT2D eigenvalue weighted by atomic mass is 35.5. The molecule has 0 saturated carbocycles. The predicted molar refractivity (Wildman–Crippen MR) is 96.0 cm³/mol. The van der Waals surface area contributed by atoms with Crippen molar-refractivity contribution in [3.63, 3.8) is 0 Å². The highest BCUT2D eigenvalue weighted by Crippen LogP contribution is 2.32. The van der Waals surface area contributed by atoms with Crippen molar-refractivity contribution in [3.05, 3.63) is 53.3 Å². The van der Waals surface area contributed by atoms with Gasteiger partial charge in [0.25, 0.3) is 0 Å². The van der Waals surface area contributed by atoms with Crippen molar-refractivity contribution in [1.82, 2.24) is 9.55 Å². The van der Waals surface area contributed by atoms with Crippen LogP contribution in [0.25, 0.3) is 11.0 Å². The van der Waals surface area contributed by atoms with Gasteiger partial charge in [0.2, 0.25) is 11.7 Å². The lowest BCUT2D eigenvalue weighted by atomic mass is 10.2. The third-order valence-electron chi connectivity index (χ3n) is 3.91. The van der Waals surface area contributed by atoms with Crippen LogP contribution in [0.1, 0.15) is 12.2 Å². The Labute approximate surface area is 157 Å². The number of hydrogen-bond donors (Lipinski definition) is 1. The van der Waals surface area contributed by atoms with Gasteiger partial charge in [0.15, 0.2) is 0 Å². The molecule has 0 fully saturated rings. The summed E-state index contributed by atoms with van der Waals surface area (Å²) < 4.78 is 46.0. The molecular weight excluding hydrogens is 383 g/mol. The standard InChI is InChI=1S/C18H15ClF3N3O2/c1-27-15-7-6-11(19)10-13(15)23-16(26)8-9-25-14-5-3-2-4-12(14)24-17(25)18(20,21)22/h2-7,10H,8-9H2,1H3,(H,23,26). The van der Waals surface area contributed by atoms with E-state index in [0.717, 1.165) is 4.57 Å². The number of anilines is 1. The summed E-state index contributed by atoms with van der Waals surface area (Å²) in [6.07, 6.45) is -4.80. The van der Waals surface area contributed by atoms with Crippen LogP contribution in [-0.4, -0.2) is 22.6 Å². The van der Waals surface area contributed by atoms with E-state index in [9.17, 15) is 18.0 Å². The summed E-state index contributed by atoms with van der Waals surface area (Å²) in [6, 6.07) is 11.0. The summed E-state index contributed by atoms with van der Waals surface area (Å²) in [7, 11) is 1.44. The van der Waals surface area contributed by atoms with Gasteiger partial charge in [-0.2, -0.15) is 13.2 Å². The van der Waals surface area contributed by atoms with Gasteiger partial charge in [-0.05, 0) is 30.3 Å². The number of halogens is 4. The zero-order valence-electron chi connectivity index (χ0n) is 14.2. The summed E-state index contributed by atoms with van der Waals surface area (Å²) >= 11 is 5.91. The number of nitrogens with zero attached hydrogens (tertiary/aromatic N) is 2. The van der Waals surface area contributed by atoms with Gasteiger partial charge in [-0.3, -0.25) is 4.79 Å². The molecule has 0 saturated heterocycles. The van der Waals surface area contributed by atoms with E-state index in [1.54, 1.807) is 24.3 Å². The SMILES string of the molecule is COc1ccc(Cl)cc1NC(=O)CCn1c(C(F)(F)F)nc2ccccc21. The second-order valence-corrected chi connectivity index (χ2v) is 6.15. The maximum Gasteiger partial charge on any atom is 0.449 e. The maximum atomic E-state index is 13.3. The summed E-state index contributed by atoms with van der Waals surface area (Å²) in [5, 5.41) is 3.00. The van der Waals surface area contributed by atoms with E-state index in [0.29, 0.717) is 22.0 Å². The van der Waals surface area contributed by atoms with E-state index >= 15 is 0 Å². The van der Waals surface area contributed by atoms with E-state index in [1.807, 2.05) is 0 Å². The molecule has 0 unspecified atom stereocenters. The van der Waals surface area contributed by atoms with Crippen LogP contribution in [0.4, 0.5) is 18.9 Å². The minimum atomic E-state index is -4.62. The highest BCUT2D eigenvalue weighted by Gasteiger charge is 2.37. The summed E-state index contributed by atoms with van der Waals surface area (Å²) in [5.74, 6) is -1.10. The Morgan fingerprint density at radius 2 is 2.00 bits per heavy atom. The molecule has 0 aliphatic carbocycles. The molecule has 27 heavy (non-hydrogen) atoms. The maximum absolute atomic E-state index is 13.3. The lowest BCUT2D eigenvalue weighted by Crippen LogP contribution is -2.19. The van der Waals surface area contributed by atoms with Crippen LogP contribution < -0.4 is 10.1 Å². The number of benzene rings is 2. The predicted octanol–water partition coefficient (Wildman–Crippen LogP) is 4.75. The number of carbonyl (C=O) groups excluding carboxylic acids is 1. The minimum Gasteiger partial charge on any atom is -0.495 e. The number of amides is 1. The lowest BCUT2D eigenvalue weighted by Gasteiger charge is -2.13. The zero-order chi connectivity index (χ0) is 19.6. The van der Waals surface area contributed by atoms with Crippen molar-refractivity contribution >= 4 is 34.2 Å². The third-order valence-corrected chi connectivity index (χ3v) is 4.14. The first kappa shape index (κ1) is 19.0. The summed E-state index contributed by atoms with van der Waals surface area (Å²) in [4.78, 5) is 15.9. The van der Waals surface area contributed by atoms with Gasteiger partial charge in [0.05, 0.1) is 23.8 Å². The zero-order valence-corrected chi connectivity index (χ0v) is 14.9. The van der Waals surface area contributed by atoms with Crippen LogP contribution >= 0.6 is 11.6 Å². The normalized spacial score (nSPS) is 11.6. The third kappa shape index (κ3) is 4.16.